The molecule has 0 spiro atoms. The van der Waals surface area contributed by atoms with Gasteiger partial charge in [-0.15, -0.1) is 0 Å². The number of hydrogen-bond donors (Lipinski definition) is 0. The first-order chi connectivity index (χ1) is 9.20. The van der Waals surface area contributed by atoms with E-state index in [1.807, 2.05) is 11.8 Å². The van der Waals surface area contributed by atoms with Crippen molar-refractivity contribution in [3.05, 3.63) is 29.8 Å². The Morgan fingerprint density at radius 1 is 1.32 bits per heavy atom. The van der Waals surface area contributed by atoms with Gasteiger partial charge in [0, 0.05) is 11.3 Å². The lowest BCUT2D eigenvalue weighted by Gasteiger charge is -2.12. The molecule has 1 heterocycles. The number of benzene rings is 1. The molecule has 0 radical (unpaired) electrons. The topological polar surface area (TPSA) is 52.6 Å². The van der Waals surface area contributed by atoms with Crippen LogP contribution in [0.3, 0.4) is 0 Å². The lowest BCUT2D eigenvalue weighted by atomic mass is 10.1. The van der Waals surface area contributed by atoms with Crippen LogP contribution >= 0.6 is 11.8 Å². The molecular weight excluding hydrogens is 264 g/mol. The minimum atomic E-state index is -0.816. The number of rotatable bonds is 5. The maximum absolute atomic E-state index is 11.7. The van der Waals surface area contributed by atoms with Crippen molar-refractivity contribution in [3.8, 4) is 5.75 Å². The van der Waals surface area contributed by atoms with Gasteiger partial charge in [0.2, 0.25) is 0 Å². The molecule has 1 aromatic rings. The highest BCUT2D eigenvalue weighted by molar-refractivity contribution is 7.99. The van der Waals surface area contributed by atoms with E-state index in [1.54, 1.807) is 31.2 Å². The predicted molar refractivity (Wildman–Crippen MR) is 73.8 cm³/mol. The van der Waals surface area contributed by atoms with Crippen molar-refractivity contribution in [2.45, 2.75) is 19.4 Å². The van der Waals surface area contributed by atoms with Gasteiger partial charge in [-0.3, -0.25) is 4.79 Å². The first-order valence-electron chi connectivity index (χ1n) is 6.26. The van der Waals surface area contributed by atoms with Gasteiger partial charge in [0.05, 0.1) is 6.61 Å². The molecule has 1 aromatic carbocycles. The fourth-order valence-corrected chi connectivity index (χ4v) is 2.89. The monoisotopic (exact) mass is 280 g/mol. The summed E-state index contributed by atoms with van der Waals surface area (Å²) in [4.78, 5) is 23.0. The molecule has 2 rings (SSSR count). The van der Waals surface area contributed by atoms with Crippen LogP contribution in [0.25, 0.3) is 0 Å². The zero-order valence-corrected chi connectivity index (χ0v) is 11.6. The van der Waals surface area contributed by atoms with E-state index < -0.39 is 11.8 Å². The zero-order valence-electron chi connectivity index (χ0n) is 10.8. The minimum absolute atomic E-state index is 0.200. The second-order valence-corrected chi connectivity index (χ2v) is 5.33. The van der Waals surface area contributed by atoms with Crippen LogP contribution in [0.15, 0.2) is 24.3 Å². The third-order valence-electron chi connectivity index (χ3n) is 2.77. The molecule has 0 N–H and O–H groups in total. The van der Waals surface area contributed by atoms with E-state index >= 15 is 0 Å². The molecule has 1 atom stereocenters. The van der Waals surface area contributed by atoms with Crippen molar-refractivity contribution >= 4 is 23.5 Å². The van der Waals surface area contributed by atoms with Crippen molar-refractivity contribution in [2.75, 3.05) is 18.1 Å². The highest BCUT2D eigenvalue weighted by Crippen LogP contribution is 2.23. The maximum Gasteiger partial charge on any atom is 0.379 e. The van der Waals surface area contributed by atoms with E-state index in [9.17, 15) is 9.59 Å². The van der Waals surface area contributed by atoms with Crippen molar-refractivity contribution in [3.63, 3.8) is 0 Å². The van der Waals surface area contributed by atoms with Crippen molar-refractivity contribution in [2.24, 2.45) is 0 Å². The van der Waals surface area contributed by atoms with Gasteiger partial charge in [-0.2, -0.15) is 11.8 Å². The SMILES string of the molecule is CCOC(=O)C(=O)c1ccc(OC2CCSC2)cc1. The van der Waals surface area contributed by atoms with E-state index in [0.29, 0.717) is 5.56 Å². The molecule has 0 aromatic heterocycles. The molecule has 0 amide bonds. The molecule has 19 heavy (non-hydrogen) atoms. The van der Waals surface area contributed by atoms with Gasteiger partial charge in [0.15, 0.2) is 0 Å². The van der Waals surface area contributed by atoms with Crippen LogP contribution in [0.2, 0.25) is 0 Å². The molecule has 0 aliphatic carbocycles. The standard InChI is InChI=1S/C14H16O4S/c1-2-17-14(16)13(15)10-3-5-11(6-4-10)18-12-7-8-19-9-12/h3-6,12H,2,7-9H2,1H3. The Hall–Kier alpha value is -1.49. The first-order valence-corrected chi connectivity index (χ1v) is 7.42. The highest BCUT2D eigenvalue weighted by Gasteiger charge is 2.19. The lowest BCUT2D eigenvalue weighted by Crippen LogP contribution is -2.18. The van der Waals surface area contributed by atoms with Gasteiger partial charge in [0.1, 0.15) is 11.9 Å². The Kier molecular flexibility index (Phi) is 4.85. The van der Waals surface area contributed by atoms with Crippen LogP contribution in [-0.4, -0.2) is 36.0 Å². The largest absolute Gasteiger partial charge is 0.490 e. The van der Waals surface area contributed by atoms with Crippen LogP contribution in [0.5, 0.6) is 5.75 Å². The van der Waals surface area contributed by atoms with Crippen LogP contribution in [0, 0.1) is 0 Å². The van der Waals surface area contributed by atoms with Crippen LogP contribution in [0.1, 0.15) is 23.7 Å². The Morgan fingerprint density at radius 3 is 2.63 bits per heavy atom. The number of carbonyl (C=O) groups excluding carboxylic acids is 2. The molecule has 102 valence electrons. The summed E-state index contributed by atoms with van der Waals surface area (Å²) in [6.45, 7) is 1.87. The first kappa shape index (κ1) is 13.9. The maximum atomic E-state index is 11.7. The van der Waals surface area contributed by atoms with E-state index in [0.717, 1.165) is 23.7 Å². The molecule has 1 aliphatic heterocycles. The summed E-state index contributed by atoms with van der Waals surface area (Å²) in [5, 5.41) is 0. The summed E-state index contributed by atoms with van der Waals surface area (Å²) in [6, 6.07) is 6.62. The van der Waals surface area contributed by atoms with Gasteiger partial charge in [-0.25, -0.2) is 4.79 Å². The fraction of sp³-hybridized carbons (Fsp3) is 0.429. The quantitative estimate of drug-likeness (QED) is 0.470. The molecule has 0 saturated carbocycles. The number of ketones is 1. The van der Waals surface area contributed by atoms with E-state index in [2.05, 4.69) is 4.74 Å². The third kappa shape index (κ3) is 3.73. The smallest absolute Gasteiger partial charge is 0.379 e. The average molecular weight is 280 g/mol. The zero-order chi connectivity index (χ0) is 13.7. The average Bonchev–Trinajstić information content (AvgIpc) is 2.92. The Labute approximate surface area is 116 Å². The Morgan fingerprint density at radius 2 is 2.05 bits per heavy atom. The Balaban J connectivity index is 1.97. The van der Waals surface area contributed by atoms with E-state index in [4.69, 9.17) is 4.74 Å². The second-order valence-electron chi connectivity index (χ2n) is 4.18. The molecule has 1 saturated heterocycles. The van der Waals surface area contributed by atoms with Crippen LogP contribution in [-0.2, 0) is 9.53 Å². The Bertz CT molecular complexity index is 449. The van der Waals surface area contributed by atoms with Gasteiger partial charge in [0.25, 0.3) is 5.78 Å². The van der Waals surface area contributed by atoms with Gasteiger partial charge < -0.3 is 9.47 Å². The molecule has 1 unspecified atom stereocenters. The van der Waals surface area contributed by atoms with E-state index in [-0.39, 0.29) is 12.7 Å². The summed E-state index contributed by atoms with van der Waals surface area (Å²) in [5.41, 5.74) is 0.326. The van der Waals surface area contributed by atoms with Crippen LogP contribution < -0.4 is 4.74 Å². The van der Waals surface area contributed by atoms with Crippen molar-refractivity contribution in [1.82, 2.24) is 0 Å². The number of thioether (sulfide) groups is 1. The van der Waals surface area contributed by atoms with Crippen molar-refractivity contribution in [1.29, 1.82) is 0 Å². The molecule has 5 heteroatoms. The lowest BCUT2D eigenvalue weighted by molar-refractivity contribution is -0.137. The summed E-state index contributed by atoms with van der Waals surface area (Å²) in [5.74, 6) is 1.43. The molecule has 4 nitrogen and oxygen atoms in total. The van der Waals surface area contributed by atoms with Gasteiger partial charge in [-0.05, 0) is 43.4 Å². The third-order valence-corrected chi connectivity index (χ3v) is 3.90. The summed E-state index contributed by atoms with van der Waals surface area (Å²) in [6.07, 6.45) is 1.30. The molecule has 0 bridgehead atoms. The fourth-order valence-electron chi connectivity index (χ4n) is 1.80. The van der Waals surface area contributed by atoms with E-state index in [1.165, 1.54) is 0 Å². The minimum Gasteiger partial charge on any atom is -0.490 e. The normalized spacial score (nSPS) is 18.1. The summed E-state index contributed by atoms with van der Waals surface area (Å²) < 4.78 is 10.4. The van der Waals surface area contributed by atoms with Crippen molar-refractivity contribution < 1.29 is 19.1 Å². The predicted octanol–water partition coefficient (Wildman–Crippen LogP) is 2.32. The molecular formula is C14H16O4S. The number of ether oxygens (including phenoxy) is 2. The number of esters is 1. The number of Topliss-reactive ketones (excluding diaryl/α,β-unsaturated/α-hetero) is 1. The summed E-state index contributed by atoms with van der Waals surface area (Å²) in [7, 11) is 0. The van der Waals surface area contributed by atoms with Gasteiger partial charge >= 0.3 is 5.97 Å². The second kappa shape index (κ2) is 6.61. The number of hydrogen-bond acceptors (Lipinski definition) is 5. The molecule has 1 fully saturated rings. The highest BCUT2D eigenvalue weighted by atomic mass is 32.2. The number of carbonyl (C=O) groups is 2. The molecule has 1 aliphatic rings. The van der Waals surface area contributed by atoms with Gasteiger partial charge in [-0.1, -0.05) is 0 Å². The summed E-state index contributed by atoms with van der Waals surface area (Å²) >= 11 is 1.88. The van der Waals surface area contributed by atoms with Crippen LogP contribution in [0.4, 0.5) is 0 Å².